The molecule has 0 amide bonds. The molecule has 3 rings (SSSR count). The van der Waals surface area contributed by atoms with E-state index >= 15 is 0 Å². The number of ketones is 1. The van der Waals surface area contributed by atoms with E-state index in [1.165, 1.54) is 6.07 Å². The van der Waals surface area contributed by atoms with Crippen LogP contribution in [0, 0.1) is 17.6 Å². The Balaban J connectivity index is 1.84. The molecule has 1 atom stereocenters. The highest BCUT2D eigenvalue weighted by molar-refractivity contribution is 7.89. The van der Waals surface area contributed by atoms with Crippen molar-refractivity contribution in [3.05, 3.63) is 64.7 Å². The average molecular weight is 400 g/mol. The zero-order valence-electron chi connectivity index (χ0n) is 13.7. The van der Waals surface area contributed by atoms with Gasteiger partial charge in [-0.2, -0.15) is 4.31 Å². The topological polar surface area (TPSA) is 54.5 Å². The minimum absolute atomic E-state index is 0.0511. The van der Waals surface area contributed by atoms with Crippen molar-refractivity contribution in [3.8, 4) is 0 Å². The lowest BCUT2D eigenvalue weighted by Gasteiger charge is -2.31. The van der Waals surface area contributed by atoms with Crippen molar-refractivity contribution in [3.63, 3.8) is 0 Å². The van der Waals surface area contributed by atoms with E-state index in [0.29, 0.717) is 29.5 Å². The van der Waals surface area contributed by atoms with E-state index in [1.54, 1.807) is 18.2 Å². The maximum Gasteiger partial charge on any atom is 0.246 e. The van der Waals surface area contributed by atoms with Crippen LogP contribution in [0.1, 0.15) is 23.2 Å². The second-order valence-electron chi connectivity index (χ2n) is 6.15. The van der Waals surface area contributed by atoms with Crippen LogP contribution < -0.4 is 0 Å². The number of Topliss-reactive ketones (excluding diaryl/α,β-unsaturated/α-hetero) is 1. The number of hydrogen-bond acceptors (Lipinski definition) is 3. The Labute approximate surface area is 155 Å². The minimum Gasteiger partial charge on any atom is -0.294 e. The molecule has 0 saturated carbocycles. The molecule has 4 nitrogen and oxygen atoms in total. The molecular weight excluding hydrogens is 384 g/mol. The summed E-state index contributed by atoms with van der Waals surface area (Å²) in [5.41, 5.74) is 0.412. The highest BCUT2D eigenvalue weighted by Gasteiger charge is 2.35. The molecule has 26 heavy (non-hydrogen) atoms. The molecule has 0 aliphatic carbocycles. The fraction of sp³-hybridized carbons (Fsp3) is 0.278. The molecule has 0 aromatic heterocycles. The summed E-state index contributed by atoms with van der Waals surface area (Å²) < 4.78 is 53.5. The SMILES string of the molecule is O=C(c1cccc(Cl)c1)C1CCCN(S(=O)(=O)c2ccc(F)cc2F)C1. The van der Waals surface area contributed by atoms with E-state index in [4.69, 9.17) is 11.6 Å². The van der Waals surface area contributed by atoms with Crippen LogP contribution in [0.2, 0.25) is 5.02 Å². The van der Waals surface area contributed by atoms with Gasteiger partial charge in [0.05, 0.1) is 0 Å². The van der Waals surface area contributed by atoms with Crippen molar-refractivity contribution in [2.24, 2.45) is 5.92 Å². The van der Waals surface area contributed by atoms with Crippen molar-refractivity contribution in [1.29, 1.82) is 0 Å². The Morgan fingerprint density at radius 1 is 1.15 bits per heavy atom. The van der Waals surface area contributed by atoms with Crippen molar-refractivity contribution in [1.82, 2.24) is 4.31 Å². The Morgan fingerprint density at radius 3 is 2.62 bits per heavy atom. The summed E-state index contributed by atoms with van der Waals surface area (Å²) in [6.45, 7) is 0.128. The average Bonchev–Trinajstić information content (AvgIpc) is 2.61. The van der Waals surface area contributed by atoms with E-state index in [9.17, 15) is 22.0 Å². The second kappa shape index (κ2) is 7.42. The zero-order valence-corrected chi connectivity index (χ0v) is 15.2. The van der Waals surface area contributed by atoms with Gasteiger partial charge in [0.2, 0.25) is 10.0 Å². The summed E-state index contributed by atoms with van der Waals surface area (Å²) in [6.07, 6.45) is 1.00. The number of carbonyl (C=O) groups is 1. The van der Waals surface area contributed by atoms with Gasteiger partial charge in [0.25, 0.3) is 0 Å². The van der Waals surface area contributed by atoms with Crippen LogP contribution in [-0.2, 0) is 10.0 Å². The molecule has 1 saturated heterocycles. The molecule has 0 spiro atoms. The van der Waals surface area contributed by atoms with Gasteiger partial charge >= 0.3 is 0 Å². The lowest BCUT2D eigenvalue weighted by atomic mass is 9.91. The van der Waals surface area contributed by atoms with Gasteiger partial charge in [-0.05, 0) is 37.1 Å². The first-order valence-corrected chi connectivity index (χ1v) is 9.86. The normalized spacial score (nSPS) is 18.7. The minimum atomic E-state index is -4.15. The zero-order chi connectivity index (χ0) is 18.9. The number of benzene rings is 2. The third-order valence-electron chi connectivity index (χ3n) is 4.38. The Kier molecular flexibility index (Phi) is 5.41. The number of sulfonamides is 1. The molecule has 2 aromatic carbocycles. The van der Waals surface area contributed by atoms with Gasteiger partial charge in [-0.1, -0.05) is 23.7 Å². The second-order valence-corrected chi connectivity index (χ2v) is 8.49. The van der Waals surface area contributed by atoms with E-state index in [-0.39, 0.29) is 18.9 Å². The third kappa shape index (κ3) is 3.79. The first kappa shape index (κ1) is 18.9. The number of hydrogen-bond donors (Lipinski definition) is 0. The van der Waals surface area contributed by atoms with E-state index in [1.807, 2.05) is 0 Å². The highest BCUT2D eigenvalue weighted by Crippen LogP contribution is 2.28. The van der Waals surface area contributed by atoms with Gasteiger partial charge in [0.15, 0.2) is 5.78 Å². The predicted octanol–water partition coefficient (Wildman–Crippen LogP) is 3.90. The summed E-state index contributed by atoms with van der Waals surface area (Å²) in [7, 11) is -4.15. The summed E-state index contributed by atoms with van der Waals surface area (Å²) in [6, 6.07) is 8.80. The van der Waals surface area contributed by atoms with Gasteiger partial charge in [-0.15, -0.1) is 0 Å². The summed E-state index contributed by atoms with van der Waals surface area (Å²) in [5, 5.41) is 0.421. The number of piperidine rings is 1. The van der Waals surface area contributed by atoms with E-state index in [0.717, 1.165) is 16.4 Å². The van der Waals surface area contributed by atoms with Crippen LogP contribution in [0.3, 0.4) is 0 Å². The molecule has 1 fully saturated rings. The van der Waals surface area contributed by atoms with Crippen molar-refractivity contribution in [2.75, 3.05) is 13.1 Å². The molecule has 0 radical (unpaired) electrons. The van der Waals surface area contributed by atoms with Gasteiger partial charge in [-0.25, -0.2) is 17.2 Å². The molecule has 8 heteroatoms. The van der Waals surface area contributed by atoms with Gasteiger partial charge in [0, 0.05) is 35.7 Å². The quantitative estimate of drug-likeness (QED) is 0.732. The lowest BCUT2D eigenvalue weighted by Crippen LogP contribution is -2.42. The van der Waals surface area contributed by atoms with Crippen molar-refractivity contribution in [2.45, 2.75) is 17.7 Å². The number of nitrogens with zero attached hydrogens (tertiary/aromatic N) is 1. The van der Waals surface area contributed by atoms with E-state index < -0.39 is 32.5 Å². The molecule has 0 N–H and O–H groups in total. The maximum absolute atomic E-state index is 13.9. The van der Waals surface area contributed by atoms with Crippen molar-refractivity contribution < 1.29 is 22.0 Å². The molecule has 1 heterocycles. The van der Waals surface area contributed by atoms with Crippen LogP contribution in [0.15, 0.2) is 47.4 Å². The standard InChI is InChI=1S/C18H16ClF2NO3S/c19-14-5-1-3-12(9-14)18(23)13-4-2-8-22(11-13)26(24,25)17-7-6-15(20)10-16(17)21/h1,3,5-7,9-10,13H,2,4,8,11H2. The first-order valence-electron chi connectivity index (χ1n) is 8.04. The summed E-state index contributed by atoms with van der Waals surface area (Å²) in [4.78, 5) is 12.1. The molecule has 1 aliphatic heterocycles. The van der Waals surface area contributed by atoms with Crippen LogP contribution in [-0.4, -0.2) is 31.6 Å². The van der Waals surface area contributed by atoms with Gasteiger partial charge in [-0.3, -0.25) is 4.79 Å². The van der Waals surface area contributed by atoms with Crippen LogP contribution in [0.5, 0.6) is 0 Å². The number of carbonyl (C=O) groups excluding carboxylic acids is 1. The highest BCUT2D eigenvalue weighted by atomic mass is 35.5. The monoisotopic (exact) mass is 399 g/mol. The molecular formula is C18H16ClF2NO3S. The van der Waals surface area contributed by atoms with Crippen molar-refractivity contribution >= 4 is 27.4 Å². The largest absolute Gasteiger partial charge is 0.294 e. The first-order chi connectivity index (χ1) is 12.3. The molecule has 2 aromatic rings. The molecule has 1 unspecified atom stereocenters. The predicted molar refractivity (Wildman–Crippen MR) is 93.6 cm³/mol. The lowest BCUT2D eigenvalue weighted by molar-refractivity contribution is 0.0872. The Bertz CT molecular complexity index is 949. The summed E-state index contributed by atoms with van der Waals surface area (Å²) >= 11 is 5.91. The number of rotatable bonds is 4. The molecule has 0 bridgehead atoms. The Hall–Kier alpha value is -1.83. The molecule has 1 aliphatic rings. The van der Waals surface area contributed by atoms with E-state index in [2.05, 4.69) is 0 Å². The fourth-order valence-corrected chi connectivity index (χ4v) is 4.84. The van der Waals surface area contributed by atoms with Gasteiger partial charge < -0.3 is 0 Å². The Morgan fingerprint density at radius 2 is 1.92 bits per heavy atom. The third-order valence-corrected chi connectivity index (χ3v) is 6.51. The number of halogens is 3. The smallest absolute Gasteiger partial charge is 0.246 e. The summed E-state index contributed by atoms with van der Waals surface area (Å²) in [5.74, 6) is -2.74. The fourth-order valence-electron chi connectivity index (χ4n) is 3.08. The maximum atomic E-state index is 13.9. The van der Waals surface area contributed by atoms with Gasteiger partial charge in [0.1, 0.15) is 16.5 Å². The molecule has 138 valence electrons. The van der Waals surface area contributed by atoms with Crippen LogP contribution in [0.25, 0.3) is 0 Å². The van der Waals surface area contributed by atoms with Crippen LogP contribution >= 0.6 is 11.6 Å². The van der Waals surface area contributed by atoms with Crippen LogP contribution in [0.4, 0.5) is 8.78 Å².